The standard InChI is InChI=1S/C21H32N2O4S/c1-15(2)7-6-8-18-9-10-21-19(11-18)27-20(12-22-5)16(3)13-23(17(4)14-24)28(21,25)26/h9-11,15-17,20,22,24H,7,12-14H2,1-5H3/t16-,17-,20+/m0/s1. The van der Waals surface area contributed by atoms with Crippen molar-refractivity contribution in [1.29, 1.82) is 0 Å². The van der Waals surface area contributed by atoms with E-state index in [1.165, 1.54) is 4.31 Å². The Balaban J connectivity index is 2.54. The molecule has 28 heavy (non-hydrogen) atoms. The molecule has 3 atom stereocenters. The molecule has 0 unspecified atom stereocenters. The fourth-order valence-electron chi connectivity index (χ4n) is 3.11. The Kier molecular flexibility index (Phi) is 7.90. The summed E-state index contributed by atoms with van der Waals surface area (Å²) in [5.74, 6) is 6.96. The molecule has 2 rings (SSSR count). The molecule has 156 valence electrons. The number of rotatable bonds is 5. The number of aliphatic hydroxyl groups excluding tert-OH is 1. The Morgan fingerprint density at radius 3 is 2.68 bits per heavy atom. The second-order valence-corrected chi connectivity index (χ2v) is 9.72. The third kappa shape index (κ3) is 5.26. The highest BCUT2D eigenvalue weighted by Gasteiger charge is 2.37. The lowest BCUT2D eigenvalue weighted by atomic mass is 10.0. The van der Waals surface area contributed by atoms with E-state index < -0.39 is 16.1 Å². The van der Waals surface area contributed by atoms with Crippen molar-refractivity contribution in [3.8, 4) is 17.6 Å². The van der Waals surface area contributed by atoms with Gasteiger partial charge in [0.15, 0.2) is 0 Å². The number of nitrogens with one attached hydrogen (secondary N) is 1. The molecule has 1 aliphatic rings. The number of hydrogen-bond donors (Lipinski definition) is 2. The number of nitrogens with zero attached hydrogens (tertiary/aromatic N) is 1. The Bertz CT molecular complexity index is 827. The minimum absolute atomic E-state index is 0.0555. The van der Waals surface area contributed by atoms with E-state index in [2.05, 4.69) is 31.0 Å². The summed E-state index contributed by atoms with van der Waals surface area (Å²) in [6.07, 6.45) is 0.573. The third-order valence-corrected chi connectivity index (χ3v) is 6.83. The van der Waals surface area contributed by atoms with Crippen LogP contribution < -0.4 is 10.1 Å². The van der Waals surface area contributed by atoms with Crippen LogP contribution in [0, 0.1) is 23.7 Å². The molecule has 0 aromatic heterocycles. The first-order valence-electron chi connectivity index (χ1n) is 9.77. The highest BCUT2D eigenvalue weighted by Crippen LogP contribution is 2.33. The van der Waals surface area contributed by atoms with Gasteiger partial charge in [0.05, 0.1) is 6.61 Å². The summed E-state index contributed by atoms with van der Waals surface area (Å²) in [6.45, 7) is 8.52. The van der Waals surface area contributed by atoms with Crippen molar-refractivity contribution in [2.45, 2.75) is 51.2 Å². The van der Waals surface area contributed by atoms with Gasteiger partial charge in [-0.15, -0.1) is 0 Å². The van der Waals surface area contributed by atoms with Crippen LogP contribution in [0.1, 0.15) is 39.7 Å². The van der Waals surface area contributed by atoms with Crippen LogP contribution in [0.3, 0.4) is 0 Å². The number of ether oxygens (including phenoxy) is 1. The topological polar surface area (TPSA) is 78.9 Å². The number of benzene rings is 1. The summed E-state index contributed by atoms with van der Waals surface area (Å²) in [5.41, 5.74) is 0.729. The lowest BCUT2D eigenvalue weighted by molar-refractivity contribution is 0.103. The first kappa shape index (κ1) is 22.7. The second-order valence-electron chi connectivity index (χ2n) is 7.86. The fraction of sp³-hybridized carbons (Fsp3) is 0.619. The summed E-state index contributed by atoms with van der Waals surface area (Å²) >= 11 is 0. The first-order valence-corrected chi connectivity index (χ1v) is 11.2. The van der Waals surface area contributed by atoms with Gasteiger partial charge in [0, 0.05) is 37.0 Å². The van der Waals surface area contributed by atoms with E-state index in [-0.39, 0.29) is 30.1 Å². The number of sulfonamides is 1. The third-order valence-electron chi connectivity index (χ3n) is 4.82. The van der Waals surface area contributed by atoms with Crippen LogP contribution >= 0.6 is 0 Å². The lowest BCUT2D eigenvalue weighted by Gasteiger charge is -2.36. The van der Waals surface area contributed by atoms with Crippen LogP contribution in [0.5, 0.6) is 5.75 Å². The Morgan fingerprint density at radius 1 is 1.36 bits per heavy atom. The van der Waals surface area contributed by atoms with Gasteiger partial charge in [-0.1, -0.05) is 32.6 Å². The average Bonchev–Trinajstić information content (AvgIpc) is 2.63. The first-order chi connectivity index (χ1) is 13.2. The van der Waals surface area contributed by atoms with Gasteiger partial charge in [-0.25, -0.2) is 8.42 Å². The predicted molar refractivity (Wildman–Crippen MR) is 111 cm³/mol. The zero-order chi connectivity index (χ0) is 20.9. The monoisotopic (exact) mass is 408 g/mol. The van der Waals surface area contributed by atoms with Crippen molar-refractivity contribution in [3.63, 3.8) is 0 Å². The Morgan fingerprint density at radius 2 is 2.07 bits per heavy atom. The van der Waals surface area contributed by atoms with E-state index in [1.807, 2.05) is 14.0 Å². The van der Waals surface area contributed by atoms with Gasteiger partial charge in [0.2, 0.25) is 10.0 Å². The van der Waals surface area contributed by atoms with Crippen LogP contribution in [0.2, 0.25) is 0 Å². The minimum atomic E-state index is -3.80. The van der Waals surface area contributed by atoms with Crippen LogP contribution in [0.4, 0.5) is 0 Å². The van der Waals surface area contributed by atoms with Gasteiger partial charge in [0.1, 0.15) is 16.7 Å². The van der Waals surface area contributed by atoms with E-state index in [9.17, 15) is 13.5 Å². The summed E-state index contributed by atoms with van der Waals surface area (Å²) in [5, 5.41) is 12.7. The van der Waals surface area contributed by atoms with Gasteiger partial charge in [0.25, 0.3) is 0 Å². The summed E-state index contributed by atoms with van der Waals surface area (Å²) in [4.78, 5) is 0.121. The molecule has 2 N–H and O–H groups in total. The van der Waals surface area contributed by atoms with Gasteiger partial charge in [-0.2, -0.15) is 4.31 Å². The van der Waals surface area contributed by atoms with E-state index in [4.69, 9.17) is 4.74 Å². The molecule has 0 bridgehead atoms. The molecule has 1 aromatic rings. The van der Waals surface area contributed by atoms with E-state index >= 15 is 0 Å². The molecule has 1 heterocycles. The molecule has 1 aromatic carbocycles. The van der Waals surface area contributed by atoms with Gasteiger partial charge < -0.3 is 15.2 Å². The molecule has 0 aliphatic carbocycles. The zero-order valence-corrected chi connectivity index (χ0v) is 18.2. The maximum Gasteiger partial charge on any atom is 0.247 e. The van der Waals surface area contributed by atoms with Crippen molar-refractivity contribution in [1.82, 2.24) is 9.62 Å². The summed E-state index contributed by atoms with van der Waals surface area (Å²) in [6, 6.07) is 4.47. The average molecular weight is 409 g/mol. The quantitative estimate of drug-likeness (QED) is 0.730. The molecule has 0 fully saturated rings. The summed E-state index contributed by atoms with van der Waals surface area (Å²) < 4.78 is 34.1. The van der Waals surface area contributed by atoms with Crippen LogP contribution in [-0.2, 0) is 10.0 Å². The van der Waals surface area contributed by atoms with E-state index in [0.717, 1.165) is 12.0 Å². The van der Waals surface area contributed by atoms with Crippen molar-refractivity contribution in [3.05, 3.63) is 23.8 Å². The molecule has 1 aliphatic heterocycles. The maximum atomic E-state index is 13.3. The maximum absolute atomic E-state index is 13.3. The van der Waals surface area contributed by atoms with Crippen molar-refractivity contribution in [2.75, 3.05) is 26.7 Å². The number of fused-ring (bicyclic) bond motifs is 1. The normalized spacial score (nSPS) is 23.0. The van der Waals surface area contributed by atoms with Crippen LogP contribution in [0.15, 0.2) is 23.1 Å². The predicted octanol–water partition coefficient (Wildman–Crippen LogP) is 2.07. The highest BCUT2D eigenvalue weighted by molar-refractivity contribution is 7.89. The smallest absolute Gasteiger partial charge is 0.247 e. The fourth-order valence-corrected chi connectivity index (χ4v) is 4.93. The molecular formula is C21H32N2O4S. The molecule has 7 heteroatoms. The molecule has 0 saturated heterocycles. The molecule has 0 saturated carbocycles. The molecule has 0 amide bonds. The second kappa shape index (κ2) is 9.75. The van der Waals surface area contributed by atoms with Crippen molar-refractivity contribution < 1.29 is 18.3 Å². The molecule has 0 spiro atoms. The van der Waals surface area contributed by atoms with Crippen LogP contribution in [0.25, 0.3) is 0 Å². The summed E-state index contributed by atoms with van der Waals surface area (Å²) in [7, 11) is -1.95. The Labute approximate surface area is 169 Å². The van der Waals surface area contributed by atoms with Crippen LogP contribution in [-0.4, -0.2) is 56.7 Å². The molecular weight excluding hydrogens is 376 g/mol. The van der Waals surface area contributed by atoms with E-state index in [1.54, 1.807) is 25.1 Å². The highest BCUT2D eigenvalue weighted by atomic mass is 32.2. The molecule has 0 radical (unpaired) electrons. The number of aliphatic hydroxyl groups is 1. The lowest BCUT2D eigenvalue weighted by Crippen LogP contribution is -2.49. The van der Waals surface area contributed by atoms with Crippen molar-refractivity contribution >= 4 is 10.0 Å². The SMILES string of the molecule is CNC[C@H]1Oc2cc(C#CCC(C)C)ccc2S(=O)(=O)N([C@@H](C)CO)C[C@@H]1C. The van der Waals surface area contributed by atoms with E-state index in [0.29, 0.717) is 18.2 Å². The molecule has 6 nitrogen and oxygen atoms in total. The zero-order valence-electron chi connectivity index (χ0n) is 17.4. The largest absolute Gasteiger partial charge is 0.487 e. The van der Waals surface area contributed by atoms with Gasteiger partial charge in [-0.05, 0) is 38.1 Å². The van der Waals surface area contributed by atoms with Gasteiger partial charge >= 0.3 is 0 Å². The van der Waals surface area contributed by atoms with Gasteiger partial charge in [-0.3, -0.25) is 0 Å². The number of hydrogen-bond acceptors (Lipinski definition) is 5. The number of likely N-dealkylation sites (N-methyl/N-ethyl adjacent to an activating group) is 1. The van der Waals surface area contributed by atoms with Crippen molar-refractivity contribution in [2.24, 2.45) is 11.8 Å². The Hall–Kier alpha value is -1.59. The minimum Gasteiger partial charge on any atom is -0.487 e.